The molecule has 0 spiro atoms. The summed E-state index contributed by atoms with van der Waals surface area (Å²) in [5, 5.41) is 4.08. The van der Waals surface area contributed by atoms with E-state index in [1.54, 1.807) is 0 Å². The summed E-state index contributed by atoms with van der Waals surface area (Å²) in [5.74, 6) is 7.54. The van der Waals surface area contributed by atoms with E-state index < -0.39 is 0 Å². The second-order valence-corrected chi connectivity index (χ2v) is 20.8. The van der Waals surface area contributed by atoms with Crippen molar-refractivity contribution in [3.05, 3.63) is 0 Å². The molecule has 3 atom stereocenters. The quantitative estimate of drug-likeness (QED) is 0.133. The topological polar surface area (TPSA) is 142 Å². The van der Waals surface area contributed by atoms with Crippen LogP contribution in [0.5, 0.6) is 0 Å². The van der Waals surface area contributed by atoms with Crippen molar-refractivity contribution in [3.63, 3.8) is 0 Å². The number of hydrogen-bond acceptors (Lipinski definition) is 6. The molecule has 0 bridgehead atoms. The van der Waals surface area contributed by atoms with E-state index in [1.165, 1.54) is 199 Å². The van der Waals surface area contributed by atoms with Gasteiger partial charge in [0, 0.05) is 42.3 Å². The Kier molecular flexibility index (Phi) is 17.0. The lowest BCUT2D eigenvalue weighted by Gasteiger charge is -2.39. The van der Waals surface area contributed by atoms with E-state index >= 15 is 0 Å². The monoisotopic (exact) mass is 725 g/mol. The molecule has 6 heteroatoms. The highest BCUT2D eigenvalue weighted by Gasteiger charge is 2.34. The molecule has 0 aromatic carbocycles. The van der Waals surface area contributed by atoms with Gasteiger partial charge in [0.2, 0.25) is 0 Å². The van der Waals surface area contributed by atoms with Crippen molar-refractivity contribution in [3.8, 4) is 0 Å². The molecule has 0 aromatic rings. The van der Waals surface area contributed by atoms with Crippen LogP contribution in [0.25, 0.3) is 0 Å². The molecule has 6 nitrogen and oxygen atoms in total. The fraction of sp³-hybridized carbons (Fsp3) is 1.00. The molecular weight excluding hydrogens is 637 g/mol. The molecular formula is C46H88N6. The molecule has 0 radical (unpaired) electrons. The lowest BCUT2D eigenvalue weighted by Crippen LogP contribution is -2.42. The lowest BCUT2D eigenvalue weighted by atomic mass is 9.69. The molecule has 0 heterocycles. The average molecular weight is 725 g/mol. The van der Waals surface area contributed by atoms with Crippen LogP contribution < -0.4 is 34.0 Å². The van der Waals surface area contributed by atoms with Crippen LogP contribution in [0.15, 0.2) is 0 Å². The van der Waals surface area contributed by atoms with Gasteiger partial charge in [0.1, 0.15) is 0 Å². The molecule has 0 amide bonds. The molecule has 7 fully saturated rings. The van der Waals surface area contributed by atoms with Crippen LogP contribution in [-0.4, -0.2) is 42.3 Å². The Morgan fingerprint density at radius 1 is 0.288 bits per heavy atom. The Hall–Kier alpha value is -0.240. The van der Waals surface area contributed by atoms with E-state index in [2.05, 4.69) is 5.32 Å². The van der Waals surface area contributed by atoms with Crippen LogP contribution >= 0.6 is 0 Å². The van der Waals surface area contributed by atoms with E-state index in [0.717, 1.165) is 59.4 Å². The van der Waals surface area contributed by atoms with Crippen molar-refractivity contribution in [2.45, 2.75) is 241 Å². The Bertz CT molecular complexity index is 902. The SMILES string of the molecule is NC1CCC(CC2CCC(N)C(CC3CCC(N)CC3)C2)CC1.NC1CCC(CC2CCC(NC3CCC(CC4CCC(N)CC4)CC3)CC2)CC1. The first-order chi connectivity index (χ1) is 25.2. The molecule has 0 aromatic heterocycles. The highest BCUT2D eigenvalue weighted by atomic mass is 15.0. The third-order valence-corrected chi connectivity index (χ3v) is 16.5. The molecule has 11 N–H and O–H groups in total. The van der Waals surface area contributed by atoms with Gasteiger partial charge in [-0.2, -0.15) is 0 Å². The van der Waals surface area contributed by atoms with Gasteiger partial charge in [-0.3, -0.25) is 0 Å². The minimum Gasteiger partial charge on any atom is -0.328 e. The van der Waals surface area contributed by atoms with E-state index in [-0.39, 0.29) is 0 Å². The maximum absolute atomic E-state index is 6.50. The van der Waals surface area contributed by atoms with Gasteiger partial charge in [-0.05, 0) is 246 Å². The molecule has 52 heavy (non-hydrogen) atoms. The summed E-state index contributed by atoms with van der Waals surface area (Å²) < 4.78 is 0. The van der Waals surface area contributed by atoms with Crippen LogP contribution in [0.2, 0.25) is 0 Å². The van der Waals surface area contributed by atoms with E-state index in [4.69, 9.17) is 28.7 Å². The Morgan fingerprint density at radius 3 is 0.904 bits per heavy atom. The highest BCUT2D eigenvalue weighted by Crippen LogP contribution is 2.41. The summed E-state index contributed by atoms with van der Waals surface area (Å²) >= 11 is 0. The van der Waals surface area contributed by atoms with Crippen LogP contribution in [0.1, 0.15) is 199 Å². The smallest absolute Gasteiger partial charge is 0.00698 e. The minimum absolute atomic E-state index is 0.460. The van der Waals surface area contributed by atoms with Crippen LogP contribution in [0.4, 0.5) is 0 Å². The Morgan fingerprint density at radius 2 is 0.558 bits per heavy atom. The molecule has 7 rings (SSSR count). The average Bonchev–Trinajstić information content (AvgIpc) is 3.15. The van der Waals surface area contributed by atoms with Crippen LogP contribution in [0, 0.1) is 47.3 Å². The second-order valence-electron chi connectivity index (χ2n) is 20.8. The van der Waals surface area contributed by atoms with E-state index in [0.29, 0.717) is 30.2 Å². The van der Waals surface area contributed by atoms with Crippen molar-refractivity contribution < 1.29 is 0 Å². The Labute approximate surface area is 321 Å². The predicted octanol–water partition coefficient (Wildman–Crippen LogP) is 9.05. The summed E-state index contributed by atoms with van der Waals surface area (Å²) in [6.45, 7) is 0. The van der Waals surface area contributed by atoms with Crippen molar-refractivity contribution in [2.24, 2.45) is 76.0 Å². The van der Waals surface area contributed by atoms with Crippen molar-refractivity contribution >= 4 is 0 Å². The van der Waals surface area contributed by atoms with E-state index in [1.807, 2.05) is 0 Å². The fourth-order valence-electron chi connectivity index (χ4n) is 12.9. The lowest BCUT2D eigenvalue weighted by molar-refractivity contribution is 0.150. The Balaban J connectivity index is 0.000000183. The maximum Gasteiger partial charge on any atom is 0.00698 e. The standard InChI is InChI=1S/C26H49N3.C20H39N3/c27-23-9-1-19(2-10-23)17-21-5-13-25(14-6-21)29-26-15-7-22(8-16-26)18-20-3-11-24(28)12-4-20;21-18-6-1-14(2-7-18)11-16-5-10-20(23)17(13-16)12-15-3-8-19(22)9-4-15/h19-26,29H,1-18,27-28H2;14-20H,1-13,21-23H2. The number of nitrogens with one attached hydrogen (secondary N) is 1. The zero-order valence-electron chi connectivity index (χ0n) is 34.0. The van der Waals surface area contributed by atoms with Gasteiger partial charge in [-0.1, -0.05) is 0 Å². The summed E-state index contributed by atoms with van der Waals surface area (Å²) in [6.07, 6.45) is 42.5. The first-order valence-electron chi connectivity index (χ1n) is 23.8. The molecule has 0 aliphatic heterocycles. The number of nitrogens with two attached hydrogens (primary N) is 5. The molecule has 7 saturated carbocycles. The van der Waals surface area contributed by atoms with Crippen LogP contribution in [0.3, 0.4) is 0 Å². The van der Waals surface area contributed by atoms with Gasteiger partial charge >= 0.3 is 0 Å². The summed E-state index contributed by atoms with van der Waals surface area (Å²) in [6, 6.07) is 4.04. The molecule has 7 aliphatic carbocycles. The summed E-state index contributed by atoms with van der Waals surface area (Å²) in [5.41, 5.74) is 30.8. The highest BCUT2D eigenvalue weighted by molar-refractivity contribution is 4.89. The van der Waals surface area contributed by atoms with Gasteiger partial charge in [0.25, 0.3) is 0 Å². The molecule has 7 aliphatic rings. The molecule has 0 saturated heterocycles. The second kappa shape index (κ2) is 21.3. The van der Waals surface area contributed by atoms with Crippen molar-refractivity contribution in [2.75, 3.05) is 0 Å². The van der Waals surface area contributed by atoms with Gasteiger partial charge in [0.15, 0.2) is 0 Å². The summed E-state index contributed by atoms with van der Waals surface area (Å²) in [7, 11) is 0. The third-order valence-electron chi connectivity index (χ3n) is 16.5. The van der Waals surface area contributed by atoms with Crippen molar-refractivity contribution in [1.29, 1.82) is 0 Å². The van der Waals surface area contributed by atoms with Crippen LogP contribution in [-0.2, 0) is 0 Å². The first-order valence-corrected chi connectivity index (χ1v) is 23.8. The minimum atomic E-state index is 0.460. The summed E-state index contributed by atoms with van der Waals surface area (Å²) in [4.78, 5) is 0. The van der Waals surface area contributed by atoms with Gasteiger partial charge in [-0.15, -0.1) is 0 Å². The number of rotatable bonds is 10. The molecule has 302 valence electrons. The first kappa shape index (κ1) is 41.4. The van der Waals surface area contributed by atoms with Gasteiger partial charge in [0.05, 0.1) is 0 Å². The number of hydrogen-bond donors (Lipinski definition) is 6. The zero-order chi connectivity index (χ0) is 36.3. The third kappa shape index (κ3) is 13.7. The molecule has 3 unspecified atom stereocenters. The van der Waals surface area contributed by atoms with E-state index in [9.17, 15) is 0 Å². The normalized spacial score (nSPS) is 45.1. The van der Waals surface area contributed by atoms with Gasteiger partial charge in [-0.25, -0.2) is 0 Å². The van der Waals surface area contributed by atoms with Crippen molar-refractivity contribution in [1.82, 2.24) is 5.32 Å². The maximum atomic E-state index is 6.50. The van der Waals surface area contributed by atoms with Gasteiger partial charge < -0.3 is 34.0 Å². The largest absolute Gasteiger partial charge is 0.328 e. The fourth-order valence-corrected chi connectivity index (χ4v) is 12.9. The zero-order valence-corrected chi connectivity index (χ0v) is 34.0. The predicted molar refractivity (Wildman–Crippen MR) is 222 cm³/mol.